The zero-order valence-corrected chi connectivity index (χ0v) is 19.6. The van der Waals surface area contributed by atoms with Crippen molar-refractivity contribution in [2.45, 2.75) is 71.9 Å². The van der Waals surface area contributed by atoms with Crippen molar-refractivity contribution in [3.8, 4) is 0 Å². The van der Waals surface area contributed by atoms with Gasteiger partial charge in [-0.1, -0.05) is 19.3 Å². The van der Waals surface area contributed by atoms with Crippen molar-refractivity contribution in [3.63, 3.8) is 0 Å². The zero-order valence-electron chi connectivity index (χ0n) is 17.3. The van der Waals surface area contributed by atoms with E-state index in [0.717, 1.165) is 56.3 Å². The second-order valence-corrected chi connectivity index (χ2v) is 7.69. The minimum absolute atomic E-state index is 0. The fourth-order valence-corrected chi connectivity index (χ4v) is 3.95. The van der Waals surface area contributed by atoms with Crippen LogP contribution in [0.25, 0.3) is 0 Å². The third kappa shape index (κ3) is 6.09. The fraction of sp³-hybridized carbons (Fsp3) is 0.750. The van der Waals surface area contributed by atoms with Crippen LogP contribution in [0.2, 0.25) is 0 Å². The monoisotopic (exact) mass is 503 g/mol. The highest BCUT2D eigenvalue weighted by molar-refractivity contribution is 14.0. The van der Waals surface area contributed by atoms with Gasteiger partial charge in [0.1, 0.15) is 12.3 Å². The van der Waals surface area contributed by atoms with Gasteiger partial charge in [-0.25, -0.2) is 9.98 Å². The number of aryl methyl sites for hydroxylation is 2. The minimum atomic E-state index is 0. The lowest BCUT2D eigenvalue weighted by molar-refractivity contribution is -0.135. The van der Waals surface area contributed by atoms with Crippen LogP contribution < -0.4 is 10.6 Å². The summed E-state index contributed by atoms with van der Waals surface area (Å²) in [6, 6.07) is 0.239. The predicted molar refractivity (Wildman–Crippen MR) is 121 cm³/mol. The maximum absolute atomic E-state index is 12.7. The van der Waals surface area contributed by atoms with E-state index in [4.69, 9.17) is 4.42 Å². The maximum Gasteiger partial charge on any atom is 0.225 e. The first-order chi connectivity index (χ1) is 13.1. The predicted octanol–water partition coefficient (Wildman–Crippen LogP) is 3.15. The van der Waals surface area contributed by atoms with Crippen LogP contribution in [-0.4, -0.2) is 47.4 Å². The maximum atomic E-state index is 12.7. The van der Waals surface area contributed by atoms with E-state index in [1.165, 1.54) is 19.3 Å². The number of halogens is 1. The number of hydrogen-bond donors (Lipinski definition) is 2. The lowest BCUT2D eigenvalue weighted by Gasteiger charge is -2.26. The van der Waals surface area contributed by atoms with Crippen LogP contribution in [0.4, 0.5) is 0 Å². The highest BCUT2D eigenvalue weighted by atomic mass is 127. The molecule has 1 aliphatic heterocycles. The van der Waals surface area contributed by atoms with E-state index in [2.05, 4.69) is 20.6 Å². The molecule has 2 fully saturated rings. The molecule has 1 unspecified atom stereocenters. The Morgan fingerprint density at radius 2 is 2.00 bits per heavy atom. The highest BCUT2D eigenvalue weighted by Crippen LogP contribution is 2.26. The highest BCUT2D eigenvalue weighted by Gasteiger charge is 2.31. The first-order valence-electron chi connectivity index (χ1n) is 10.3. The molecular formula is C20H34IN5O2. The van der Waals surface area contributed by atoms with E-state index in [1.807, 2.05) is 25.7 Å². The average molecular weight is 503 g/mol. The summed E-state index contributed by atoms with van der Waals surface area (Å²) < 4.78 is 5.60. The van der Waals surface area contributed by atoms with E-state index >= 15 is 0 Å². The van der Waals surface area contributed by atoms with Crippen LogP contribution in [0.3, 0.4) is 0 Å². The Bertz CT molecular complexity index is 650. The largest absolute Gasteiger partial charge is 0.444 e. The number of carbonyl (C=O) groups excluding carboxylic acids is 1. The molecule has 2 N–H and O–H groups in total. The summed E-state index contributed by atoms with van der Waals surface area (Å²) in [6.45, 7) is 8.68. The van der Waals surface area contributed by atoms with E-state index in [-0.39, 0.29) is 35.9 Å². The summed E-state index contributed by atoms with van der Waals surface area (Å²) in [7, 11) is 0. The molecule has 1 aromatic rings. The number of aliphatic imine (C=N–C) groups is 1. The van der Waals surface area contributed by atoms with Crippen LogP contribution in [-0.2, 0) is 11.3 Å². The molecule has 0 spiro atoms. The Morgan fingerprint density at radius 3 is 2.64 bits per heavy atom. The summed E-state index contributed by atoms with van der Waals surface area (Å²) in [5, 5.41) is 6.75. The molecule has 2 heterocycles. The van der Waals surface area contributed by atoms with Crippen LogP contribution in [0.5, 0.6) is 0 Å². The molecule has 1 aromatic heterocycles. The molecule has 1 aliphatic carbocycles. The number of nitrogens with one attached hydrogen (secondary N) is 2. The topological polar surface area (TPSA) is 82.8 Å². The van der Waals surface area contributed by atoms with Crippen molar-refractivity contribution in [2.75, 3.05) is 19.6 Å². The van der Waals surface area contributed by atoms with Gasteiger partial charge in [-0.2, -0.15) is 0 Å². The molecule has 158 valence electrons. The van der Waals surface area contributed by atoms with Gasteiger partial charge in [-0.3, -0.25) is 4.79 Å². The van der Waals surface area contributed by atoms with Gasteiger partial charge < -0.3 is 20.0 Å². The van der Waals surface area contributed by atoms with Gasteiger partial charge in [0.2, 0.25) is 11.8 Å². The zero-order chi connectivity index (χ0) is 19.2. The van der Waals surface area contributed by atoms with Crippen LogP contribution in [0, 0.1) is 19.8 Å². The smallest absolute Gasteiger partial charge is 0.225 e. The molecule has 3 rings (SSSR count). The summed E-state index contributed by atoms with van der Waals surface area (Å²) in [4.78, 5) is 23.7. The van der Waals surface area contributed by atoms with Gasteiger partial charge in [0, 0.05) is 31.6 Å². The molecule has 0 aromatic carbocycles. The van der Waals surface area contributed by atoms with Crippen LogP contribution >= 0.6 is 24.0 Å². The van der Waals surface area contributed by atoms with Crippen molar-refractivity contribution in [3.05, 3.63) is 17.3 Å². The molecule has 1 saturated heterocycles. The van der Waals surface area contributed by atoms with Crippen molar-refractivity contribution in [1.82, 2.24) is 20.5 Å². The number of likely N-dealkylation sites (tertiary alicyclic amines) is 1. The van der Waals surface area contributed by atoms with E-state index in [1.54, 1.807) is 0 Å². The average Bonchev–Trinajstić information content (AvgIpc) is 3.26. The summed E-state index contributed by atoms with van der Waals surface area (Å²) in [5.41, 5.74) is 0.908. The Kier molecular flexibility index (Phi) is 9.04. The number of hydrogen-bond acceptors (Lipinski definition) is 4. The lowest BCUT2D eigenvalue weighted by Crippen LogP contribution is -2.45. The van der Waals surface area contributed by atoms with Crippen molar-refractivity contribution < 1.29 is 9.21 Å². The Balaban J connectivity index is 0.00000280. The van der Waals surface area contributed by atoms with Gasteiger partial charge in [0.05, 0.1) is 5.69 Å². The molecule has 8 heteroatoms. The van der Waals surface area contributed by atoms with E-state index < -0.39 is 0 Å². The van der Waals surface area contributed by atoms with Crippen LogP contribution in [0.15, 0.2) is 9.41 Å². The number of guanidine groups is 1. The lowest BCUT2D eigenvalue weighted by atomic mass is 9.88. The van der Waals surface area contributed by atoms with Gasteiger partial charge in [0.25, 0.3) is 0 Å². The summed E-state index contributed by atoms with van der Waals surface area (Å²) >= 11 is 0. The number of amides is 1. The summed E-state index contributed by atoms with van der Waals surface area (Å²) in [5.74, 6) is 2.82. The molecule has 1 atom stereocenters. The van der Waals surface area contributed by atoms with Gasteiger partial charge >= 0.3 is 0 Å². The SMILES string of the molecule is CCNC(=NCc1nc(C)c(C)o1)NC1CCN(C(=O)C2CCCCC2)C1.I. The first-order valence-corrected chi connectivity index (χ1v) is 10.3. The fourth-order valence-electron chi connectivity index (χ4n) is 3.95. The molecule has 0 radical (unpaired) electrons. The van der Waals surface area contributed by atoms with Gasteiger partial charge in [-0.15, -0.1) is 24.0 Å². The Labute approximate surface area is 185 Å². The number of rotatable bonds is 5. The van der Waals surface area contributed by atoms with E-state index in [9.17, 15) is 4.79 Å². The summed E-state index contributed by atoms with van der Waals surface area (Å²) in [6.07, 6.45) is 6.75. The second kappa shape index (κ2) is 11.0. The van der Waals surface area contributed by atoms with Gasteiger partial charge in [0.15, 0.2) is 5.96 Å². The number of aromatic nitrogens is 1. The molecule has 7 nitrogen and oxygen atoms in total. The van der Waals surface area contributed by atoms with Crippen molar-refractivity contribution >= 4 is 35.8 Å². The molecular weight excluding hydrogens is 469 g/mol. The molecule has 28 heavy (non-hydrogen) atoms. The van der Waals surface area contributed by atoms with Crippen molar-refractivity contribution in [2.24, 2.45) is 10.9 Å². The first kappa shape index (κ1) is 23.0. The number of nitrogens with zero attached hydrogens (tertiary/aromatic N) is 3. The third-order valence-corrected chi connectivity index (χ3v) is 5.58. The molecule has 0 bridgehead atoms. The van der Waals surface area contributed by atoms with Crippen molar-refractivity contribution in [1.29, 1.82) is 0 Å². The molecule has 1 saturated carbocycles. The quantitative estimate of drug-likeness (QED) is 0.367. The Hall–Kier alpha value is -1.32. The minimum Gasteiger partial charge on any atom is -0.444 e. The number of carbonyl (C=O) groups is 1. The van der Waals surface area contributed by atoms with E-state index in [0.29, 0.717) is 18.3 Å². The van der Waals surface area contributed by atoms with Gasteiger partial charge in [-0.05, 0) is 40.0 Å². The molecule has 2 aliphatic rings. The molecule has 1 amide bonds. The van der Waals surface area contributed by atoms with Crippen LogP contribution in [0.1, 0.15) is 62.8 Å². The Morgan fingerprint density at radius 1 is 1.25 bits per heavy atom. The second-order valence-electron chi connectivity index (χ2n) is 7.69. The normalized spacial score (nSPS) is 20.8. The number of oxazole rings is 1. The third-order valence-electron chi connectivity index (χ3n) is 5.58. The standard InChI is InChI=1S/C20H33N5O2.HI/c1-4-21-20(22-12-18-23-14(2)15(3)27-18)24-17-10-11-25(13-17)19(26)16-8-6-5-7-9-16;/h16-17H,4-13H2,1-3H3,(H2,21,22,24);1H.